The summed E-state index contributed by atoms with van der Waals surface area (Å²) in [6.07, 6.45) is 0.621. The van der Waals surface area contributed by atoms with Crippen molar-refractivity contribution in [2.75, 3.05) is 13.2 Å². The SMILES string of the molecule is O=Cc1cc(Cl)c(-c2cc(C(=O)O)[nH]n2)c2c1OCCO2. The van der Waals surface area contributed by atoms with Crippen LogP contribution in [0.4, 0.5) is 0 Å². The Kier molecular flexibility index (Phi) is 3.26. The highest BCUT2D eigenvalue weighted by molar-refractivity contribution is 6.34. The third-order valence-electron chi connectivity index (χ3n) is 2.98. The van der Waals surface area contributed by atoms with Crippen LogP contribution < -0.4 is 9.47 Å². The lowest BCUT2D eigenvalue weighted by Gasteiger charge is -2.22. The molecule has 0 aliphatic carbocycles. The van der Waals surface area contributed by atoms with Gasteiger partial charge in [0.05, 0.1) is 21.8 Å². The van der Waals surface area contributed by atoms with Crippen LogP contribution in [0.3, 0.4) is 0 Å². The molecule has 0 bridgehead atoms. The number of aromatic nitrogens is 2. The molecule has 0 unspecified atom stereocenters. The Bertz CT molecular complexity index is 740. The number of aromatic carboxylic acids is 1. The Hall–Kier alpha value is -2.54. The fourth-order valence-electron chi connectivity index (χ4n) is 2.09. The number of halogens is 1. The average Bonchev–Trinajstić information content (AvgIpc) is 2.96. The molecule has 0 spiro atoms. The summed E-state index contributed by atoms with van der Waals surface area (Å²) < 4.78 is 11.0. The smallest absolute Gasteiger partial charge is 0.353 e. The minimum absolute atomic E-state index is 0.0778. The van der Waals surface area contributed by atoms with Gasteiger partial charge in [-0.1, -0.05) is 11.6 Å². The van der Waals surface area contributed by atoms with Crippen LogP contribution in [0.15, 0.2) is 12.1 Å². The summed E-state index contributed by atoms with van der Waals surface area (Å²) in [5, 5.41) is 15.5. The van der Waals surface area contributed by atoms with Crippen molar-refractivity contribution in [2.24, 2.45) is 0 Å². The summed E-state index contributed by atoms with van der Waals surface area (Å²) in [5.74, 6) is -0.560. The lowest BCUT2D eigenvalue weighted by atomic mass is 10.1. The second kappa shape index (κ2) is 5.10. The van der Waals surface area contributed by atoms with E-state index < -0.39 is 5.97 Å². The minimum Gasteiger partial charge on any atom is -0.485 e. The van der Waals surface area contributed by atoms with Crippen LogP contribution in [0, 0.1) is 0 Å². The number of fused-ring (bicyclic) bond motifs is 1. The number of carbonyl (C=O) groups is 2. The van der Waals surface area contributed by atoms with Crippen molar-refractivity contribution in [1.82, 2.24) is 10.2 Å². The molecule has 0 amide bonds. The standard InChI is InChI=1S/C13H9ClN2O5/c14-7-3-6(5-17)11-12(21-2-1-20-11)10(7)8-4-9(13(18)19)16-15-8/h3-5H,1-2H2,(H,15,16)(H,18,19). The van der Waals surface area contributed by atoms with Crippen molar-refractivity contribution in [3.8, 4) is 22.8 Å². The third-order valence-corrected chi connectivity index (χ3v) is 3.28. The Morgan fingerprint density at radius 2 is 2.05 bits per heavy atom. The Morgan fingerprint density at radius 1 is 1.33 bits per heavy atom. The van der Waals surface area contributed by atoms with E-state index in [0.717, 1.165) is 0 Å². The second-order valence-electron chi connectivity index (χ2n) is 4.27. The molecule has 2 heterocycles. The average molecular weight is 309 g/mol. The van der Waals surface area contributed by atoms with Gasteiger partial charge in [0.15, 0.2) is 17.8 Å². The zero-order valence-corrected chi connectivity index (χ0v) is 11.3. The van der Waals surface area contributed by atoms with Crippen molar-refractivity contribution >= 4 is 23.9 Å². The van der Waals surface area contributed by atoms with Gasteiger partial charge >= 0.3 is 5.97 Å². The number of carboxylic acid groups (broad SMARTS) is 1. The second-order valence-corrected chi connectivity index (χ2v) is 4.67. The normalized spacial score (nSPS) is 13.0. The molecule has 0 saturated heterocycles. The molecule has 21 heavy (non-hydrogen) atoms. The Morgan fingerprint density at radius 3 is 2.67 bits per heavy atom. The summed E-state index contributed by atoms with van der Waals surface area (Å²) in [6.45, 7) is 0.616. The molecule has 1 aromatic carbocycles. The van der Waals surface area contributed by atoms with Crippen LogP contribution in [0.25, 0.3) is 11.3 Å². The third kappa shape index (κ3) is 2.21. The highest BCUT2D eigenvalue weighted by atomic mass is 35.5. The van der Waals surface area contributed by atoms with Gasteiger partial charge in [-0.25, -0.2) is 4.79 Å². The molecule has 108 valence electrons. The lowest BCUT2D eigenvalue weighted by Crippen LogP contribution is -2.17. The molecule has 0 radical (unpaired) electrons. The van der Waals surface area contributed by atoms with Crippen molar-refractivity contribution < 1.29 is 24.2 Å². The van der Waals surface area contributed by atoms with E-state index in [1.807, 2.05) is 0 Å². The van der Waals surface area contributed by atoms with E-state index in [2.05, 4.69) is 10.2 Å². The molecular formula is C13H9ClN2O5. The molecular weight excluding hydrogens is 300 g/mol. The van der Waals surface area contributed by atoms with Gasteiger partial charge in [-0.2, -0.15) is 5.10 Å². The molecule has 0 atom stereocenters. The van der Waals surface area contributed by atoms with E-state index in [1.54, 1.807) is 0 Å². The summed E-state index contributed by atoms with van der Waals surface area (Å²) in [6, 6.07) is 2.77. The first-order valence-corrected chi connectivity index (χ1v) is 6.36. The maximum Gasteiger partial charge on any atom is 0.353 e. The number of hydrogen-bond acceptors (Lipinski definition) is 5. The Labute approximate surface area is 123 Å². The number of rotatable bonds is 3. The predicted molar refractivity (Wildman–Crippen MR) is 72.4 cm³/mol. The van der Waals surface area contributed by atoms with Gasteiger partial charge in [0.1, 0.15) is 18.9 Å². The van der Waals surface area contributed by atoms with Crippen LogP contribution in [-0.4, -0.2) is 40.8 Å². The van der Waals surface area contributed by atoms with Gasteiger partial charge < -0.3 is 14.6 Å². The summed E-state index contributed by atoms with van der Waals surface area (Å²) in [4.78, 5) is 22.0. The van der Waals surface area contributed by atoms with Crippen molar-refractivity contribution in [3.63, 3.8) is 0 Å². The number of aldehydes is 1. The summed E-state index contributed by atoms with van der Waals surface area (Å²) in [5.41, 5.74) is 0.885. The largest absolute Gasteiger partial charge is 0.485 e. The van der Waals surface area contributed by atoms with Crippen LogP contribution in [0.5, 0.6) is 11.5 Å². The number of carbonyl (C=O) groups excluding carboxylic acids is 1. The van der Waals surface area contributed by atoms with E-state index in [0.29, 0.717) is 36.5 Å². The monoisotopic (exact) mass is 308 g/mol. The van der Waals surface area contributed by atoms with Gasteiger partial charge in [0.25, 0.3) is 0 Å². The van der Waals surface area contributed by atoms with Crippen molar-refractivity contribution in [3.05, 3.63) is 28.4 Å². The van der Waals surface area contributed by atoms with E-state index in [1.165, 1.54) is 12.1 Å². The maximum absolute atomic E-state index is 11.1. The van der Waals surface area contributed by atoms with Crippen molar-refractivity contribution in [2.45, 2.75) is 0 Å². The number of benzene rings is 1. The Balaban J connectivity index is 2.21. The fraction of sp³-hybridized carbons (Fsp3) is 0.154. The first kappa shape index (κ1) is 13.4. The van der Waals surface area contributed by atoms with Gasteiger partial charge in [0, 0.05) is 0 Å². The topological polar surface area (TPSA) is 102 Å². The number of nitrogens with one attached hydrogen (secondary N) is 1. The zero-order chi connectivity index (χ0) is 15.0. The highest BCUT2D eigenvalue weighted by Crippen LogP contribution is 2.45. The summed E-state index contributed by atoms with van der Waals surface area (Å²) in [7, 11) is 0. The van der Waals surface area contributed by atoms with Gasteiger partial charge in [0.2, 0.25) is 0 Å². The molecule has 7 nitrogen and oxygen atoms in total. The molecule has 1 aliphatic rings. The minimum atomic E-state index is -1.14. The molecule has 3 rings (SSSR count). The van der Waals surface area contributed by atoms with Crippen LogP contribution in [0.1, 0.15) is 20.8 Å². The maximum atomic E-state index is 11.1. The molecule has 1 aliphatic heterocycles. The molecule has 8 heteroatoms. The van der Waals surface area contributed by atoms with Crippen LogP contribution in [0.2, 0.25) is 5.02 Å². The molecule has 0 saturated carbocycles. The van der Waals surface area contributed by atoms with E-state index in [9.17, 15) is 9.59 Å². The van der Waals surface area contributed by atoms with E-state index in [4.69, 9.17) is 26.2 Å². The predicted octanol–water partition coefficient (Wildman–Crippen LogP) is 2.01. The quantitative estimate of drug-likeness (QED) is 0.841. The van der Waals surface area contributed by atoms with Crippen molar-refractivity contribution in [1.29, 1.82) is 0 Å². The number of nitrogens with zero attached hydrogens (tertiary/aromatic N) is 1. The molecule has 2 N–H and O–H groups in total. The fourth-order valence-corrected chi connectivity index (χ4v) is 2.39. The number of carboxylic acids is 1. The van der Waals surface area contributed by atoms with E-state index >= 15 is 0 Å². The molecule has 0 fully saturated rings. The number of ether oxygens (including phenoxy) is 2. The number of aromatic amines is 1. The lowest BCUT2D eigenvalue weighted by molar-refractivity contribution is 0.0690. The number of H-pyrrole nitrogens is 1. The molecule has 1 aromatic heterocycles. The van der Waals surface area contributed by atoms with Gasteiger partial charge in [-0.3, -0.25) is 9.89 Å². The first-order valence-electron chi connectivity index (χ1n) is 5.98. The highest BCUT2D eigenvalue weighted by Gasteiger charge is 2.25. The van der Waals surface area contributed by atoms with E-state index in [-0.39, 0.29) is 22.0 Å². The summed E-state index contributed by atoms with van der Waals surface area (Å²) >= 11 is 6.17. The van der Waals surface area contributed by atoms with Crippen LogP contribution in [-0.2, 0) is 0 Å². The first-order chi connectivity index (χ1) is 10.1. The van der Waals surface area contributed by atoms with Gasteiger partial charge in [-0.15, -0.1) is 0 Å². The van der Waals surface area contributed by atoms with Crippen LogP contribution >= 0.6 is 11.6 Å². The van der Waals surface area contributed by atoms with Gasteiger partial charge in [-0.05, 0) is 12.1 Å². The molecule has 2 aromatic rings. The number of hydrogen-bond donors (Lipinski definition) is 2. The zero-order valence-electron chi connectivity index (χ0n) is 10.6.